The van der Waals surface area contributed by atoms with E-state index in [1.165, 1.54) is 0 Å². The van der Waals surface area contributed by atoms with Crippen LogP contribution in [0.15, 0.2) is 59.1 Å². The van der Waals surface area contributed by atoms with E-state index >= 15 is 0 Å². The first-order valence-corrected chi connectivity index (χ1v) is 11.4. The summed E-state index contributed by atoms with van der Waals surface area (Å²) in [4.78, 5) is 19.1. The summed E-state index contributed by atoms with van der Waals surface area (Å²) in [6.07, 6.45) is 3.12. The van der Waals surface area contributed by atoms with E-state index in [0.717, 1.165) is 47.3 Å². The third kappa shape index (κ3) is 6.14. The van der Waals surface area contributed by atoms with Gasteiger partial charge in [0.2, 0.25) is 5.91 Å². The Balaban J connectivity index is 1.23. The number of nitrogens with one attached hydrogen (secondary N) is 1. The fourth-order valence-electron chi connectivity index (χ4n) is 4.02. The van der Waals surface area contributed by atoms with E-state index in [1.54, 1.807) is 7.11 Å². The van der Waals surface area contributed by atoms with Crippen molar-refractivity contribution in [2.24, 2.45) is 0 Å². The minimum absolute atomic E-state index is 0.0164. The molecular formula is C26H31N3O4. The van der Waals surface area contributed by atoms with Crippen LogP contribution in [0.25, 0.3) is 11.3 Å². The Labute approximate surface area is 194 Å². The van der Waals surface area contributed by atoms with Crippen LogP contribution in [0.5, 0.6) is 5.75 Å². The van der Waals surface area contributed by atoms with Crippen LogP contribution in [0.4, 0.5) is 5.82 Å². The number of ether oxygens (including phenoxy) is 2. The summed E-state index contributed by atoms with van der Waals surface area (Å²) in [5, 5.41) is 2.97. The SMILES string of the molecule is COc1ccc(-c2ccc(CCC(=O)NCc3ccc(N4CC(C)OC(C)C4)nc3)o2)cc1. The van der Waals surface area contributed by atoms with Gasteiger partial charge in [0.05, 0.1) is 19.3 Å². The number of rotatable bonds is 8. The van der Waals surface area contributed by atoms with Crippen LogP contribution < -0.4 is 15.0 Å². The summed E-state index contributed by atoms with van der Waals surface area (Å²) in [7, 11) is 1.64. The molecule has 2 atom stereocenters. The van der Waals surface area contributed by atoms with E-state index < -0.39 is 0 Å². The highest BCUT2D eigenvalue weighted by Gasteiger charge is 2.23. The van der Waals surface area contributed by atoms with Gasteiger partial charge in [-0.3, -0.25) is 4.79 Å². The highest BCUT2D eigenvalue weighted by molar-refractivity contribution is 5.76. The molecule has 33 heavy (non-hydrogen) atoms. The number of anilines is 1. The lowest BCUT2D eigenvalue weighted by atomic mass is 10.2. The number of hydrogen-bond acceptors (Lipinski definition) is 6. The second-order valence-electron chi connectivity index (χ2n) is 8.46. The van der Waals surface area contributed by atoms with E-state index in [2.05, 4.69) is 29.0 Å². The van der Waals surface area contributed by atoms with Gasteiger partial charge < -0.3 is 24.1 Å². The van der Waals surface area contributed by atoms with Gasteiger partial charge in [-0.25, -0.2) is 4.98 Å². The monoisotopic (exact) mass is 449 g/mol. The molecule has 3 heterocycles. The van der Waals surface area contributed by atoms with Crippen LogP contribution in [0.2, 0.25) is 0 Å². The van der Waals surface area contributed by atoms with E-state index in [1.807, 2.05) is 54.7 Å². The number of methoxy groups -OCH3 is 1. The van der Waals surface area contributed by atoms with Crippen molar-refractivity contribution in [3.8, 4) is 17.1 Å². The molecule has 1 aliphatic rings. The first kappa shape index (κ1) is 22.9. The van der Waals surface area contributed by atoms with Crippen molar-refractivity contribution in [2.75, 3.05) is 25.1 Å². The Morgan fingerprint density at radius 3 is 2.52 bits per heavy atom. The lowest BCUT2D eigenvalue weighted by molar-refractivity contribution is -0.121. The van der Waals surface area contributed by atoms with Crippen LogP contribution in [0, 0.1) is 0 Å². The van der Waals surface area contributed by atoms with Crippen LogP contribution in [-0.4, -0.2) is 43.3 Å². The summed E-state index contributed by atoms with van der Waals surface area (Å²) >= 11 is 0. The van der Waals surface area contributed by atoms with Gasteiger partial charge in [0.1, 0.15) is 23.1 Å². The van der Waals surface area contributed by atoms with Crippen molar-refractivity contribution in [2.45, 2.75) is 45.4 Å². The average molecular weight is 450 g/mol. The van der Waals surface area contributed by atoms with E-state index in [-0.39, 0.29) is 18.1 Å². The molecule has 2 aromatic heterocycles. The number of carbonyl (C=O) groups is 1. The zero-order chi connectivity index (χ0) is 23.2. The minimum atomic E-state index is -0.0164. The second-order valence-corrected chi connectivity index (χ2v) is 8.46. The predicted octanol–water partition coefficient (Wildman–Crippen LogP) is 4.21. The van der Waals surface area contributed by atoms with Crippen LogP contribution in [0.3, 0.4) is 0 Å². The molecule has 0 bridgehead atoms. The van der Waals surface area contributed by atoms with Crippen LogP contribution in [-0.2, 0) is 22.5 Å². The van der Waals surface area contributed by atoms with Gasteiger partial charge in [-0.2, -0.15) is 0 Å². The zero-order valence-corrected chi connectivity index (χ0v) is 19.4. The normalized spacial score (nSPS) is 18.2. The molecule has 3 aromatic rings. The number of hydrogen-bond donors (Lipinski definition) is 1. The molecule has 1 aromatic carbocycles. The standard InChI is InChI=1S/C26H31N3O4/c1-18-16-29(17-19(2)32-18)25-12-4-20(14-27-25)15-28-26(30)13-10-23-9-11-24(33-23)21-5-7-22(31-3)8-6-21/h4-9,11-12,14,18-19H,10,13,15-17H2,1-3H3,(H,28,30). The van der Waals surface area contributed by atoms with E-state index in [0.29, 0.717) is 19.4 Å². The maximum atomic E-state index is 12.3. The molecule has 7 nitrogen and oxygen atoms in total. The molecule has 1 fully saturated rings. The average Bonchev–Trinajstić information content (AvgIpc) is 3.30. The maximum absolute atomic E-state index is 12.3. The number of aryl methyl sites for hydroxylation is 1. The Hall–Kier alpha value is -3.32. The highest BCUT2D eigenvalue weighted by atomic mass is 16.5. The third-order valence-corrected chi connectivity index (χ3v) is 5.68. The van der Waals surface area contributed by atoms with Crippen molar-refractivity contribution in [1.29, 1.82) is 0 Å². The summed E-state index contributed by atoms with van der Waals surface area (Å²) in [6, 6.07) is 15.6. The van der Waals surface area contributed by atoms with Crippen LogP contribution in [0.1, 0.15) is 31.6 Å². The molecule has 1 N–H and O–H groups in total. The molecule has 0 aliphatic carbocycles. The van der Waals surface area contributed by atoms with E-state index in [4.69, 9.17) is 13.9 Å². The van der Waals surface area contributed by atoms with E-state index in [9.17, 15) is 4.79 Å². The number of aromatic nitrogens is 1. The molecule has 0 saturated carbocycles. The fourth-order valence-corrected chi connectivity index (χ4v) is 4.02. The second kappa shape index (κ2) is 10.5. The van der Waals surface area contributed by atoms with Gasteiger partial charge in [0, 0.05) is 44.2 Å². The Morgan fingerprint density at radius 2 is 1.85 bits per heavy atom. The fraction of sp³-hybridized carbons (Fsp3) is 0.385. The summed E-state index contributed by atoms with van der Waals surface area (Å²) in [6.45, 7) is 6.28. The lowest BCUT2D eigenvalue weighted by Crippen LogP contribution is -2.45. The third-order valence-electron chi connectivity index (χ3n) is 5.68. The van der Waals surface area contributed by atoms with Crippen LogP contribution >= 0.6 is 0 Å². The molecule has 7 heteroatoms. The number of benzene rings is 1. The smallest absolute Gasteiger partial charge is 0.220 e. The topological polar surface area (TPSA) is 76.8 Å². The lowest BCUT2D eigenvalue weighted by Gasteiger charge is -2.36. The quantitative estimate of drug-likeness (QED) is 0.555. The molecule has 1 amide bonds. The summed E-state index contributed by atoms with van der Waals surface area (Å²) in [5.41, 5.74) is 1.95. The van der Waals surface area contributed by atoms with Gasteiger partial charge in [0.25, 0.3) is 0 Å². The number of pyridine rings is 1. The molecule has 0 radical (unpaired) electrons. The van der Waals surface area contributed by atoms with Gasteiger partial charge in [-0.15, -0.1) is 0 Å². The van der Waals surface area contributed by atoms with Crippen molar-refractivity contribution in [3.05, 3.63) is 66.1 Å². The predicted molar refractivity (Wildman–Crippen MR) is 127 cm³/mol. The molecule has 1 aliphatic heterocycles. The first-order valence-electron chi connectivity index (χ1n) is 11.4. The number of morpholine rings is 1. The molecule has 174 valence electrons. The van der Waals surface area contributed by atoms with Gasteiger partial charge in [-0.05, 0) is 61.9 Å². The largest absolute Gasteiger partial charge is 0.497 e. The highest BCUT2D eigenvalue weighted by Crippen LogP contribution is 2.25. The molecule has 0 spiro atoms. The van der Waals surface area contributed by atoms with Crippen molar-refractivity contribution in [3.63, 3.8) is 0 Å². The number of carbonyl (C=O) groups excluding carboxylic acids is 1. The van der Waals surface area contributed by atoms with Crippen molar-refractivity contribution < 1.29 is 18.7 Å². The number of amides is 1. The number of furan rings is 1. The number of nitrogens with zero attached hydrogens (tertiary/aromatic N) is 2. The van der Waals surface area contributed by atoms with Gasteiger partial charge in [0.15, 0.2) is 0 Å². The van der Waals surface area contributed by atoms with Crippen molar-refractivity contribution in [1.82, 2.24) is 10.3 Å². The first-order chi connectivity index (χ1) is 16.0. The van der Waals surface area contributed by atoms with Gasteiger partial charge >= 0.3 is 0 Å². The Morgan fingerprint density at radius 1 is 1.09 bits per heavy atom. The molecule has 1 saturated heterocycles. The molecule has 4 rings (SSSR count). The van der Waals surface area contributed by atoms with Gasteiger partial charge in [-0.1, -0.05) is 6.07 Å². The summed E-state index contributed by atoms with van der Waals surface area (Å²) < 4.78 is 16.9. The zero-order valence-electron chi connectivity index (χ0n) is 19.4. The Kier molecular flexibility index (Phi) is 7.29. The summed E-state index contributed by atoms with van der Waals surface area (Å²) in [5.74, 6) is 3.30. The molecule has 2 unspecified atom stereocenters. The maximum Gasteiger partial charge on any atom is 0.220 e. The minimum Gasteiger partial charge on any atom is -0.497 e. The molecular weight excluding hydrogens is 418 g/mol. The van der Waals surface area contributed by atoms with Crippen molar-refractivity contribution >= 4 is 11.7 Å². The Bertz CT molecular complexity index is 1040.